The summed E-state index contributed by atoms with van der Waals surface area (Å²) in [6.07, 6.45) is 0.601. The zero-order chi connectivity index (χ0) is 23.2. The van der Waals surface area contributed by atoms with E-state index < -0.39 is 0 Å². The van der Waals surface area contributed by atoms with Crippen LogP contribution in [-0.4, -0.2) is 42.1 Å². The number of nitrogen functional groups attached to an aromatic ring is 1. The first kappa shape index (κ1) is 22.1. The maximum atomic E-state index is 13.3. The number of benzene rings is 3. The van der Waals surface area contributed by atoms with Gasteiger partial charge in [0.05, 0.1) is 23.6 Å². The molecule has 1 atom stereocenters. The Morgan fingerprint density at radius 3 is 2.36 bits per heavy atom. The summed E-state index contributed by atoms with van der Waals surface area (Å²) < 4.78 is 0. The van der Waals surface area contributed by atoms with E-state index >= 15 is 0 Å². The van der Waals surface area contributed by atoms with Crippen LogP contribution in [-0.2, 0) is 9.63 Å². The van der Waals surface area contributed by atoms with Gasteiger partial charge in [0.1, 0.15) is 7.11 Å². The second kappa shape index (κ2) is 9.99. The molecule has 0 spiro atoms. The molecule has 3 aromatic rings. The lowest BCUT2D eigenvalue weighted by molar-refractivity contribution is -0.117. The molecule has 7 heteroatoms. The van der Waals surface area contributed by atoms with Crippen LogP contribution >= 0.6 is 0 Å². The average molecular weight is 443 g/mol. The SMILES string of the molecule is CO/N=C1\CC(CC(=O)Nc2ccccc2N)N(C(=O)c2ccc(-c3ccccc3)cc2)C1. The minimum Gasteiger partial charge on any atom is -0.399 e. The van der Waals surface area contributed by atoms with E-state index in [4.69, 9.17) is 10.6 Å². The third-order valence-electron chi connectivity index (χ3n) is 5.64. The van der Waals surface area contributed by atoms with Gasteiger partial charge in [0.15, 0.2) is 0 Å². The fourth-order valence-electron chi connectivity index (χ4n) is 4.02. The summed E-state index contributed by atoms with van der Waals surface area (Å²) in [6, 6.07) is 24.2. The van der Waals surface area contributed by atoms with Crippen molar-refractivity contribution in [3.63, 3.8) is 0 Å². The zero-order valence-electron chi connectivity index (χ0n) is 18.4. The smallest absolute Gasteiger partial charge is 0.254 e. The van der Waals surface area contributed by atoms with Gasteiger partial charge >= 0.3 is 0 Å². The molecule has 1 fully saturated rings. The highest BCUT2D eigenvalue weighted by Gasteiger charge is 2.35. The highest BCUT2D eigenvalue weighted by molar-refractivity contribution is 6.02. The lowest BCUT2D eigenvalue weighted by Gasteiger charge is -2.24. The second-order valence-electron chi connectivity index (χ2n) is 7.91. The van der Waals surface area contributed by atoms with Crippen LogP contribution in [0.3, 0.4) is 0 Å². The molecule has 33 heavy (non-hydrogen) atoms. The summed E-state index contributed by atoms with van der Waals surface area (Å²) in [5.74, 6) is -0.360. The molecule has 1 heterocycles. The lowest BCUT2D eigenvalue weighted by atomic mass is 10.0. The largest absolute Gasteiger partial charge is 0.399 e. The van der Waals surface area contributed by atoms with Gasteiger partial charge in [-0.25, -0.2) is 0 Å². The number of carbonyl (C=O) groups excluding carboxylic acids is 2. The van der Waals surface area contributed by atoms with Crippen LogP contribution in [0.15, 0.2) is 84.0 Å². The molecule has 168 valence electrons. The van der Waals surface area contributed by atoms with Crippen LogP contribution in [0, 0.1) is 0 Å². The summed E-state index contributed by atoms with van der Waals surface area (Å²) in [5.41, 5.74) is 10.4. The number of rotatable bonds is 6. The molecule has 1 aliphatic heterocycles. The summed E-state index contributed by atoms with van der Waals surface area (Å²) in [5, 5.41) is 6.87. The summed E-state index contributed by atoms with van der Waals surface area (Å²) in [7, 11) is 1.47. The van der Waals surface area contributed by atoms with Crippen LogP contribution in [0.2, 0.25) is 0 Å². The van der Waals surface area contributed by atoms with E-state index in [1.54, 1.807) is 29.2 Å². The van der Waals surface area contributed by atoms with Crippen LogP contribution in [0.1, 0.15) is 23.2 Å². The number of para-hydroxylation sites is 2. The van der Waals surface area contributed by atoms with Gasteiger partial charge in [0.2, 0.25) is 5.91 Å². The first-order chi connectivity index (χ1) is 16.0. The van der Waals surface area contributed by atoms with Crippen LogP contribution < -0.4 is 11.1 Å². The molecule has 1 aliphatic rings. The number of hydrogen-bond donors (Lipinski definition) is 2. The van der Waals surface area contributed by atoms with E-state index in [0.29, 0.717) is 29.9 Å². The minimum atomic E-state index is -0.329. The van der Waals surface area contributed by atoms with Gasteiger partial charge in [-0.05, 0) is 35.4 Å². The van der Waals surface area contributed by atoms with E-state index in [-0.39, 0.29) is 24.3 Å². The number of oxime groups is 1. The van der Waals surface area contributed by atoms with E-state index in [1.807, 2.05) is 54.6 Å². The molecule has 3 N–H and O–H groups in total. The van der Waals surface area contributed by atoms with E-state index in [0.717, 1.165) is 16.8 Å². The summed E-state index contributed by atoms with van der Waals surface area (Å²) in [6.45, 7) is 0.318. The van der Waals surface area contributed by atoms with Gasteiger partial charge in [0.25, 0.3) is 5.91 Å². The summed E-state index contributed by atoms with van der Waals surface area (Å²) >= 11 is 0. The van der Waals surface area contributed by atoms with Crippen molar-refractivity contribution in [3.05, 3.63) is 84.4 Å². The van der Waals surface area contributed by atoms with Gasteiger partial charge in [-0.1, -0.05) is 59.8 Å². The molecular weight excluding hydrogens is 416 g/mol. The Hall–Kier alpha value is -4.13. The lowest BCUT2D eigenvalue weighted by Crippen LogP contribution is -2.38. The molecule has 0 bridgehead atoms. The number of likely N-dealkylation sites (tertiary alicyclic amines) is 1. The Kier molecular flexibility index (Phi) is 6.69. The molecule has 7 nitrogen and oxygen atoms in total. The number of carbonyl (C=O) groups is 2. The summed E-state index contributed by atoms with van der Waals surface area (Å²) in [4.78, 5) is 32.6. The number of hydrogen-bond acceptors (Lipinski definition) is 5. The normalized spacial score (nSPS) is 16.6. The second-order valence-corrected chi connectivity index (χ2v) is 7.91. The molecule has 0 aromatic heterocycles. The molecule has 0 saturated carbocycles. The van der Waals surface area contributed by atoms with E-state index in [9.17, 15) is 9.59 Å². The number of anilines is 2. The fraction of sp³-hybridized carbons (Fsp3) is 0.192. The van der Waals surface area contributed by atoms with Crippen molar-refractivity contribution in [2.75, 3.05) is 24.7 Å². The van der Waals surface area contributed by atoms with Gasteiger partial charge in [-0.3, -0.25) is 9.59 Å². The number of nitrogens with two attached hydrogens (primary N) is 1. The fourth-order valence-corrected chi connectivity index (χ4v) is 4.02. The Morgan fingerprint density at radius 2 is 1.67 bits per heavy atom. The molecule has 1 unspecified atom stereocenters. The Bertz CT molecular complexity index is 1160. The highest BCUT2D eigenvalue weighted by Crippen LogP contribution is 2.25. The predicted octanol–water partition coefficient (Wildman–Crippen LogP) is 4.18. The Balaban J connectivity index is 1.50. The van der Waals surface area contributed by atoms with Crippen molar-refractivity contribution >= 4 is 28.9 Å². The topological polar surface area (TPSA) is 97.0 Å². The monoisotopic (exact) mass is 442 g/mol. The van der Waals surface area contributed by atoms with E-state index in [2.05, 4.69) is 10.5 Å². The van der Waals surface area contributed by atoms with Crippen molar-refractivity contribution in [2.45, 2.75) is 18.9 Å². The molecule has 3 aromatic carbocycles. The Morgan fingerprint density at radius 1 is 1.00 bits per heavy atom. The molecule has 1 saturated heterocycles. The third kappa shape index (κ3) is 5.20. The number of amides is 2. The van der Waals surface area contributed by atoms with E-state index in [1.165, 1.54) is 7.11 Å². The minimum absolute atomic E-state index is 0.130. The number of nitrogens with one attached hydrogen (secondary N) is 1. The molecule has 4 rings (SSSR count). The zero-order valence-corrected chi connectivity index (χ0v) is 18.4. The highest BCUT2D eigenvalue weighted by atomic mass is 16.6. The van der Waals surface area contributed by atoms with Crippen molar-refractivity contribution < 1.29 is 14.4 Å². The van der Waals surface area contributed by atoms with Crippen LogP contribution in [0.25, 0.3) is 11.1 Å². The van der Waals surface area contributed by atoms with Crippen molar-refractivity contribution in [2.24, 2.45) is 5.16 Å². The quantitative estimate of drug-likeness (QED) is 0.442. The van der Waals surface area contributed by atoms with Gasteiger partial charge < -0.3 is 20.8 Å². The molecule has 2 amide bonds. The van der Waals surface area contributed by atoms with Crippen LogP contribution in [0.5, 0.6) is 0 Å². The Labute approximate surface area is 192 Å². The maximum Gasteiger partial charge on any atom is 0.254 e. The number of nitrogens with zero attached hydrogens (tertiary/aromatic N) is 2. The van der Waals surface area contributed by atoms with Gasteiger partial charge in [-0.2, -0.15) is 0 Å². The van der Waals surface area contributed by atoms with Crippen molar-refractivity contribution in [3.8, 4) is 11.1 Å². The predicted molar refractivity (Wildman–Crippen MR) is 130 cm³/mol. The molecular formula is C26H26N4O3. The first-order valence-corrected chi connectivity index (χ1v) is 10.7. The standard InChI is InChI=1S/C26H26N4O3/c1-33-29-21-15-22(16-25(31)28-24-10-6-5-9-23(24)27)30(17-21)26(32)20-13-11-19(12-14-20)18-7-3-2-4-8-18/h2-14,22H,15-17,27H2,1H3,(H,28,31)/b29-21+. The van der Waals surface area contributed by atoms with Gasteiger partial charge in [0, 0.05) is 24.4 Å². The van der Waals surface area contributed by atoms with Crippen LogP contribution in [0.4, 0.5) is 11.4 Å². The maximum absolute atomic E-state index is 13.3. The third-order valence-corrected chi connectivity index (χ3v) is 5.64. The first-order valence-electron chi connectivity index (χ1n) is 10.7. The molecule has 0 aliphatic carbocycles. The van der Waals surface area contributed by atoms with Crippen molar-refractivity contribution in [1.82, 2.24) is 4.90 Å². The average Bonchev–Trinajstić information content (AvgIpc) is 3.23. The van der Waals surface area contributed by atoms with Crippen molar-refractivity contribution in [1.29, 1.82) is 0 Å². The van der Waals surface area contributed by atoms with Gasteiger partial charge in [-0.15, -0.1) is 0 Å². The molecule has 0 radical (unpaired) electrons.